The number of benzene rings is 2. The molecule has 0 aliphatic heterocycles. The smallest absolute Gasteiger partial charge is 0.265 e. The van der Waals surface area contributed by atoms with Crippen LogP contribution in [-0.2, 0) is 10.0 Å². The largest absolute Gasteiger partial charge is 0.495 e. The number of halogens is 1. The minimum Gasteiger partial charge on any atom is -0.495 e. The summed E-state index contributed by atoms with van der Waals surface area (Å²) in [5, 5.41) is 3.42. The van der Waals surface area contributed by atoms with Crippen molar-refractivity contribution in [2.45, 2.75) is 4.90 Å². The molecule has 2 aromatic carbocycles. The molecule has 0 fully saturated rings. The summed E-state index contributed by atoms with van der Waals surface area (Å²) in [6.07, 6.45) is 1.74. The molecule has 0 atom stereocenters. The minimum atomic E-state index is -3.80. The van der Waals surface area contributed by atoms with Crippen LogP contribution in [0, 0.1) is 0 Å². The fraction of sp³-hybridized carbons (Fsp3) is 0.125. The summed E-state index contributed by atoms with van der Waals surface area (Å²) in [6.45, 7) is 4.25. The fourth-order valence-corrected chi connectivity index (χ4v) is 3.41. The molecule has 0 aliphatic rings. The van der Waals surface area contributed by atoms with E-state index in [0.717, 1.165) is 5.69 Å². The lowest BCUT2D eigenvalue weighted by Crippen LogP contribution is -2.14. The zero-order chi connectivity index (χ0) is 16.9. The Hall–Kier alpha value is -2.18. The first-order valence-electron chi connectivity index (χ1n) is 6.77. The maximum absolute atomic E-state index is 12.5. The summed E-state index contributed by atoms with van der Waals surface area (Å²) < 4.78 is 32.6. The van der Waals surface area contributed by atoms with Gasteiger partial charge in [0.25, 0.3) is 10.0 Å². The Kier molecular flexibility index (Phi) is 5.52. The summed E-state index contributed by atoms with van der Waals surface area (Å²) in [5.74, 6) is 0.228. The number of anilines is 2. The van der Waals surface area contributed by atoms with Crippen LogP contribution >= 0.6 is 11.6 Å². The van der Waals surface area contributed by atoms with Gasteiger partial charge in [0.1, 0.15) is 10.6 Å². The Morgan fingerprint density at radius 1 is 1.17 bits per heavy atom. The molecule has 0 amide bonds. The number of hydrogen-bond donors (Lipinski definition) is 2. The third-order valence-electron chi connectivity index (χ3n) is 3.00. The van der Waals surface area contributed by atoms with Gasteiger partial charge < -0.3 is 10.1 Å². The van der Waals surface area contributed by atoms with E-state index in [1.165, 1.54) is 19.2 Å². The molecular weight excluding hydrogens is 336 g/mol. The molecule has 2 rings (SSSR count). The number of ether oxygens (including phenoxy) is 1. The first-order valence-corrected chi connectivity index (χ1v) is 8.63. The summed E-state index contributed by atoms with van der Waals surface area (Å²) in [6, 6.07) is 11.3. The molecule has 0 bridgehead atoms. The van der Waals surface area contributed by atoms with E-state index in [1.54, 1.807) is 36.4 Å². The van der Waals surface area contributed by atoms with E-state index < -0.39 is 10.0 Å². The van der Waals surface area contributed by atoms with Crippen LogP contribution in [0.4, 0.5) is 11.4 Å². The summed E-state index contributed by atoms with van der Waals surface area (Å²) in [5.41, 5.74) is 1.31. The highest BCUT2D eigenvalue weighted by Gasteiger charge is 2.20. The van der Waals surface area contributed by atoms with Gasteiger partial charge in [-0.05, 0) is 42.5 Å². The monoisotopic (exact) mass is 352 g/mol. The molecule has 0 aliphatic carbocycles. The molecule has 122 valence electrons. The van der Waals surface area contributed by atoms with Crippen molar-refractivity contribution >= 4 is 33.0 Å². The van der Waals surface area contributed by atoms with Gasteiger partial charge >= 0.3 is 0 Å². The standard InChI is InChI=1S/C16H17ClN2O3S/c1-3-10-18-13-5-7-14(8-6-13)19-23(20,21)16-11-12(17)4-9-15(16)22-2/h3-9,11,18-19H,1,10H2,2H3. The number of hydrogen-bond acceptors (Lipinski definition) is 4. The summed E-state index contributed by atoms with van der Waals surface area (Å²) >= 11 is 5.89. The van der Waals surface area contributed by atoms with E-state index in [1.807, 2.05) is 0 Å². The normalized spacial score (nSPS) is 10.9. The number of sulfonamides is 1. The molecule has 0 heterocycles. The van der Waals surface area contributed by atoms with Crippen molar-refractivity contribution in [1.29, 1.82) is 0 Å². The molecule has 0 aromatic heterocycles. The highest BCUT2D eigenvalue weighted by Crippen LogP contribution is 2.28. The molecular formula is C16H17ClN2O3S. The van der Waals surface area contributed by atoms with Crippen LogP contribution in [0.25, 0.3) is 0 Å². The van der Waals surface area contributed by atoms with E-state index in [0.29, 0.717) is 17.3 Å². The molecule has 0 saturated carbocycles. The number of nitrogens with one attached hydrogen (secondary N) is 2. The van der Waals surface area contributed by atoms with Crippen LogP contribution in [0.3, 0.4) is 0 Å². The molecule has 2 N–H and O–H groups in total. The third-order valence-corrected chi connectivity index (χ3v) is 4.64. The Morgan fingerprint density at radius 2 is 1.83 bits per heavy atom. The van der Waals surface area contributed by atoms with Crippen molar-refractivity contribution in [2.75, 3.05) is 23.7 Å². The van der Waals surface area contributed by atoms with Crippen molar-refractivity contribution in [1.82, 2.24) is 0 Å². The Labute approximate surface area is 141 Å². The van der Waals surface area contributed by atoms with E-state index in [2.05, 4.69) is 16.6 Å². The van der Waals surface area contributed by atoms with Crippen molar-refractivity contribution in [3.05, 3.63) is 60.1 Å². The predicted octanol–water partition coefficient (Wildman–Crippen LogP) is 3.75. The lowest BCUT2D eigenvalue weighted by Gasteiger charge is -2.12. The maximum Gasteiger partial charge on any atom is 0.265 e. The summed E-state index contributed by atoms with van der Waals surface area (Å²) in [7, 11) is -2.40. The van der Waals surface area contributed by atoms with Crippen molar-refractivity contribution < 1.29 is 13.2 Å². The van der Waals surface area contributed by atoms with Gasteiger partial charge in [-0.25, -0.2) is 8.42 Å². The van der Waals surface area contributed by atoms with Crippen LogP contribution in [-0.4, -0.2) is 22.1 Å². The second kappa shape index (κ2) is 7.39. The highest BCUT2D eigenvalue weighted by atomic mass is 35.5. The zero-order valence-corrected chi connectivity index (χ0v) is 14.1. The van der Waals surface area contributed by atoms with Crippen LogP contribution in [0.15, 0.2) is 60.0 Å². The molecule has 5 nitrogen and oxygen atoms in total. The Bertz CT molecular complexity index is 789. The average molecular weight is 353 g/mol. The number of rotatable bonds is 7. The van der Waals surface area contributed by atoms with Crippen LogP contribution in [0.5, 0.6) is 5.75 Å². The second-order valence-electron chi connectivity index (χ2n) is 4.65. The van der Waals surface area contributed by atoms with Crippen LogP contribution in [0.2, 0.25) is 5.02 Å². The second-order valence-corrected chi connectivity index (χ2v) is 6.73. The van der Waals surface area contributed by atoms with E-state index in [-0.39, 0.29) is 10.6 Å². The van der Waals surface area contributed by atoms with E-state index in [4.69, 9.17) is 16.3 Å². The van der Waals surface area contributed by atoms with Gasteiger partial charge in [0.15, 0.2) is 0 Å². The van der Waals surface area contributed by atoms with Crippen molar-refractivity contribution in [2.24, 2.45) is 0 Å². The minimum absolute atomic E-state index is 0.0126. The Morgan fingerprint density at radius 3 is 2.43 bits per heavy atom. The predicted molar refractivity (Wildman–Crippen MR) is 93.9 cm³/mol. The first-order chi connectivity index (χ1) is 11.0. The Balaban J connectivity index is 2.24. The van der Waals surface area contributed by atoms with Gasteiger partial charge in [-0.1, -0.05) is 17.7 Å². The van der Waals surface area contributed by atoms with E-state index >= 15 is 0 Å². The van der Waals surface area contributed by atoms with Crippen LogP contribution < -0.4 is 14.8 Å². The van der Waals surface area contributed by atoms with Gasteiger partial charge in [0.05, 0.1) is 7.11 Å². The molecule has 23 heavy (non-hydrogen) atoms. The van der Waals surface area contributed by atoms with Crippen molar-refractivity contribution in [3.63, 3.8) is 0 Å². The SMILES string of the molecule is C=CCNc1ccc(NS(=O)(=O)c2cc(Cl)ccc2OC)cc1. The molecule has 0 radical (unpaired) electrons. The van der Waals surface area contributed by atoms with Gasteiger partial charge in [-0.3, -0.25) is 4.72 Å². The van der Waals surface area contributed by atoms with Crippen LogP contribution in [0.1, 0.15) is 0 Å². The quantitative estimate of drug-likeness (QED) is 0.745. The molecule has 7 heteroatoms. The molecule has 2 aromatic rings. The molecule has 0 unspecified atom stereocenters. The van der Waals surface area contributed by atoms with Gasteiger partial charge in [-0.2, -0.15) is 0 Å². The fourth-order valence-electron chi connectivity index (χ4n) is 1.92. The lowest BCUT2D eigenvalue weighted by atomic mass is 10.3. The molecule has 0 saturated heterocycles. The highest BCUT2D eigenvalue weighted by molar-refractivity contribution is 7.92. The van der Waals surface area contributed by atoms with Crippen molar-refractivity contribution in [3.8, 4) is 5.75 Å². The summed E-state index contributed by atoms with van der Waals surface area (Å²) in [4.78, 5) is -0.0126. The molecule has 0 spiro atoms. The first kappa shape index (κ1) is 17.2. The van der Waals surface area contributed by atoms with Gasteiger partial charge in [0.2, 0.25) is 0 Å². The van der Waals surface area contributed by atoms with Gasteiger partial charge in [-0.15, -0.1) is 6.58 Å². The maximum atomic E-state index is 12.5. The third kappa shape index (κ3) is 4.40. The van der Waals surface area contributed by atoms with E-state index in [9.17, 15) is 8.42 Å². The number of methoxy groups -OCH3 is 1. The zero-order valence-electron chi connectivity index (χ0n) is 12.5. The van der Waals surface area contributed by atoms with Gasteiger partial charge in [0, 0.05) is 22.9 Å². The topological polar surface area (TPSA) is 67.4 Å². The average Bonchev–Trinajstić information content (AvgIpc) is 2.54. The lowest BCUT2D eigenvalue weighted by molar-refractivity contribution is 0.403.